The highest BCUT2D eigenvalue weighted by Gasteiger charge is 2.30. The summed E-state index contributed by atoms with van der Waals surface area (Å²) in [6.07, 6.45) is 2.19. The Bertz CT molecular complexity index is 663. The lowest BCUT2D eigenvalue weighted by Gasteiger charge is -2.32. The minimum absolute atomic E-state index is 0.0401. The number of aromatic nitrogens is 2. The number of imidazole rings is 1. The van der Waals surface area contributed by atoms with Crippen LogP contribution in [0.3, 0.4) is 0 Å². The van der Waals surface area contributed by atoms with E-state index in [2.05, 4.69) is 4.98 Å². The number of para-hydroxylation sites is 1. The van der Waals surface area contributed by atoms with Crippen molar-refractivity contribution in [3.63, 3.8) is 0 Å². The van der Waals surface area contributed by atoms with E-state index in [4.69, 9.17) is 4.74 Å². The second kappa shape index (κ2) is 4.67. The predicted molar refractivity (Wildman–Crippen MR) is 73.2 cm³/mol. The maximum absolute atomic E-state index is 11.4. The normalized spacial score (nSPS) is 21.1. The monoisotopic (exact) mass is 272 g/mol. The van der Waals surface area contributed by atoms with Crippen molar-refractivity contribution in [2.45, 2.75) is 32.4 Å². The number of rotatable bonds is 2. The van der Waals surface area contributed by atoms with Crippen LogP contribution in [0.5, 0.6) is 5.75 Å². The predicted octanol–water partition coefficient (Wildman–Crippen LogP) is 2.65. The molecule has 0 saturated heterocycles. The lowest BCUT2D eigenvalue weighted by atomic mass is 9.96. The number of carboxylic acids is 1. The highest BCUT2D eigenvalue weighted by atomic mass is 16.5. The molecule has 0 amide bonds. The van der Waals surface area contributed by atoms with E-state index in [1.165, 1.54) is 6.20 Å². The summed E-state index contributed by atoms with van der Waals surface area (Å²) in [6.45, 7) is 3.82. The molecular weight excluding hydrogens is 256 g/mol. The van der Waals surface area contributed by atoms with Crippen LogP contribution in [0.15, 0.2) is 30.5 Å². The van der Waals surface area contributed by atoms with E-state index in [0.29, 0.717) is 5.82 Å². The Morgan fingerprint density at radius 3 is 2.95 bits per heavy atom. The Balaban J connectivity index is 2.16. The van der Waals surface area contributed by atoms with Gasteiger partial charge in [-0.2, -0.15) is 0 Å². The number of nitrogens with zero attached hydrogens (tertiary/aromatic N) is 2. The van der Waals surface area contributed by atoms with Crippen LogP contribution >= 0.6 is 0 Å². The molecule has 0 aliphatic carbocycles. The molecule has 0 saturated carbocycles. The van der Waals surface area contributed by atoms with Gasteiger partial charge in [-0.15, -0.1) is 0 Å². The molecule has 1 aromatic heterocycles. The molecule has 5 heteroatoms. The van der Waals surface area contributed by atoms with Gasteiger partial charge in [0.2, 0.25) is 0 Å². The standard InChI is InChI=1S/C15H16N2O3/c1-9-7-12(11-5-3-4-6-14(11)20-9)17-10(2)16-8-13(17)15(18)19/h3-6,8-9,12H,7H2,1-2H3,(H,18,19)/t9-,12+/m0/s1. The lowest BCUT2D eigenvalue weighted by Crippen LogP contribution is -2.28. The summed E-state index contributed by atoms with van der Waals surface area (Å²) < 4.78 is 7.61. The molecule has 2 heterocycles. The van der Waals surface area contributed by atoms with E-state index in [-0.39, 0.29) is 17.8 Å². The average molecular weight is 272 g/mol. The van der Waals surface area contributed by atoms with Crippen molar-refractivity contribution in [1.82, 2.24) is 9.55 Å². The quantitative estimate of drug-likeness (QED) is 0.912. The van der Waals surface area contributed by atoms with Crippen LogP contribution in [-0.4, -0.2) is 26.7 Å². The Kier molecular flexibility index (Phi) is 2.97. The van der Waals surface area contributed by atoms with E-state index < -0.39 is 5.97 Å². The largest absolute Gasteiger partial charge is 0.490 e. The number of ether oxygens (including phenoxy) is 1. The fraction of sp³-hybridized carbons (Fsp3) is 0.333. The molecule has 0 unspecified atom stereocenters. The number of hydrogen-bond donors (Lipinski definition) is 1. The first-order chi connectivity index (χ1) is 9.58. The molecule has 0 bridgehead atoms. The van der Waals surface area contributed by atoms with Crippen molar-refractivity contribution in [2.75, 3.05) is 0 Å². The number of hydrogen-bond acceptors (Lipinski definition) is 3. The zero-order valence-corrected chi connectivity index (χ0v) is 11.4. The molecule has 2 aromatic rings. The molecule has 3 rings (SSSR count). The zero-order valence-electron chi connectivity index (χ0n) is 11.4. The Hall–Kier alpha value is -2.30. The second-order valence-electron chi connectivity index (χ2n) is 5.08. The first kappa shape index (κ1) is 12.7. The maximum Gasteiger partial charge on any atom is 0.354 e. The molecule has 20 heavy (non-hydrogen) atoms. The van der Waals surface area contributed by atoms with Gasteiger partial charge in [0.05, 0.1) is 18.3 Å². The van der Waals surface area contributed by atoms with Crippen LogP contribution < -0.4 is 4.74 Å². The third-order valence-electron chi connectivity index (χ3n) is 3.67. The van der Waals surface area contributed by atoms with Crippen LogP contribution in [0, 0.1) is 6.92 Å². The van der Waals surface area contributed by atoms with Crippen LogP contribution in [0.1, 0.15) is 41.3 Å². The third-order valence-corrected chi connectivity index (χ3v) is 3.67. The van der Waals surface area contributed by atoms with Crippen LogP contribution in [0.25, 0.3) is 0 Å². The summed E-state index contributed by atoms with van der Waals surface area (Å²) in [4.78, 5) is 15.5. The second-order valence-corrected chi connectivity index (χ2v) is 5.08. The van der Waals surface area contributed by atoms with E-state index >= 15 is 0 Å². The van der Waals surface area contributed by atoms with Gasteiger partial charge < -0.3 is 14.4 Å². The number of benzene rings is 1. The molecule has 1 N–H and O–H groups in total. The highest BCUT2D eigenvalue weighted by Crippen LogP contribution is 2.38. The van der Waals surface area contributed by atoms with Crippen molar-refractivity contribution in [3.8, 4) is 5.75 Å². The summed E-state index contributed by atoms with van der Waals surface area (Å²) in [5.74, 6) is 0.569. The highest BCUT2D eigenvalue weighted by molar-refractivity contribution is 5.85. The van der Waals surface area contributed by atoms with Gasteiger partial charge in [0.1, 0.15) is 17.3 Å². The van der Waals surface area contributed by atoms with Crippen molar-refractivity contribution >= 4 is 5.97 Å². The Morgan fingerprint density at radius 1 is 1.45 bits per heavy atom. The minimum atomic E-state index is -0.956. The van der Waals surface area contributed by atoms with Gasteiger partial charge in [0, 0.05) is 12.0 Å². The molecule has 0 fully saturated rings. The molecule has 0 spiro atoms. The van der Waals surface area contributed by atoms with Crippen molar-refractivity contribution in [3.05, 3.63) is 47.5 Å². The van der Waals surface area contributed by atoms with Gasteiger partial charge in [-0.25, -0.2) is 9.78 Å². The summed E-state index contributed by atoms with van der Waals surface area (Å²) in [5.41, 5.74) is 1.23. The molecule has 1 aromatic carbocycles. The number of carboxylic acid groups (broad SMARTS) is 1. The van der Waals surface area contributed by atoms with Gasteiger partial charge in [-0.3, -0.25) is 0 Å². The Morgan fingerprint density at radius 2 is 2.20 bits per heavy atom. The summed E-state index contributed by atoms with van der Waals surface area (Å²) in [6, 6.07) is 7.72. The molecular formula is C15H16N2O3. The van der Waals surface area contributed by atoms with Gasteiger partial charge in [0.15, 0.2) is 0 Å². The van der Waals surface area contributed by atoms with E-state index in [1.54, 1.807) is 4.57 Å². The van der Waals surface area contributed by atoms with E-state index in [1.807, 2.05) is 38.1 Å². The zero-order chi connectivity index (χ0) is 14.3. The van der Waals surface area contributed by atoms with E-state index in [9.17, 15) is 9.90 Å². The first-order valence-electron chi connectivity index (χ1n) is 6.60. The topological polar surface area (TPSA) is 64.3 Å². The van der Waals surface area contributed by atoms with Gasteiger partial charge in [0.25, 0.3) is 0 Å². The first-order valence-corrected chi connectivity index (χ1v) is 6.60. The summed E-state index contributed by atoms with van der Waals surface area (Å²) in [5, 5.41) is 9.33. The molecule has 104 valence electrons. The van der Waals surface area contributed by atoms with Gasteiger partial charge >= 0.3 is 5.97 Å². The number of fused-ring (bicyclic) bond motifs is 1. The van der Waals surface area contributed by atoms with Gasteiger partial charge in [-0.1, -0.05) is 18.2 Å². The third kappa shape index (κ3) is 1.95. The number of carbonyl (C=O) groups is 1. The molecule has 1 aliphatic rings. The van der Waals surface area contributed by atoms with Gasteiger partial charge in [-0.05, 0) is 19.9 Å². The Labute approximate surface area is 116 Å². The number of aryl methyl sites for hydroxylation is 1. The average Bonchev–Trinajstić information content (AvgIpc) is 2.79. The number of aromatic carboxylic acids is 1. The fourth-order valence-electron chi connectivity index (χ4n) is 2.82. The van der Waals surface area contributed by atoms with Crippen molar-refractivity contribution in [2.24, 2.45) is 0 Å². The summed E-state index contributed by atoms with van der Waals surface area (Å²) >= 11 is 0. The van der Waals surface area contributed by atoms with Crippen LogP contribution in [0.2, 0.25) is 0 Å². The van der Waals surface area contributed by atoms with E-state index in [0.717, 1.165) is 17.7 Å². The fourth-order valence-corrected chi connectivity index (χ4v) is 2.82. The summed E-state index contributed by atoms with van der Waals surface area (Å²) in [7, 11) is 0. The minimum Gasteiger partial charge on any atom is -0.490 e. The lowest BCUT2D eigenvalue weighted by molar-refractivity contribution is 0.0679. The SMILES string of the molecule is Cc1ncc(C(=O)O)n1[C@@H]1C[C@H](C)Oc2ccccc21. The van der Waals surface area contributed by atoms with Crippen molar-refractivity contribution < 1.29 is 14.6 Å². The molecule has 5 nitrogen and oxygen atoms in total. The molecule has 1 aliphatic heterocycles. The molecule has 2 atom stereocenters. The van der Waals surface area contributed by atoms with Crippen molar-refractivity contribution in [1.29, 1.82) is 0 Å². The maximum atomic E-state index is 11.4. The van der Waals surface area contributed by atoms with Crippen LogP contribution in [0.4, 0.5) is 0 Å². The molecule has 0 radical (unpaired) electrons. The van der Waals surface area contributed by atoms with Crippen LogP contribution in [-0.2, 0) is 0 Å². The smallest absolute Gasteiger partial charge is 0.354 e.